The number of hydrogen-bond acceptors (Lipinski definition) is 4. The van der Waals surface area contributed by atoms with Gasteiger partial charge in [-0.3, -0.25) is 9.78 Å². The summed E-state index contributed by atoms with van der Waals surface area (Å²) in [6.45, 7) is -0.00161. The minimum atomic E-state index is -0.159. The Labute approximate surface area is 87.9 Å². The van der Waals surface area contributed by atoms with E-state index in [-0.39, 0.29) is 24.4 Å². The molecular weight excluding hydrogens is 194 g/mol. The van der Waals surface area contributed by atoms with E-state index in [1.807, 2.05) is 12.1 Å². The van der Waals surface area contributed by atoms with Crippen LogP contribution in [0.4, 0.5) is 0 Å². The number of methoxy groups -OCH3 is 1. The Kier molecular flexibility index (Phi) is 2.68. The Bertz CT molecular complexity index is 361. The largest absolute Gasteiger partial charge is 0.469 e. The lowest BCUT2D eigenvalue weighted by Gasteiger charge is -2.00. The smallest absolute Gasteiger partial charge is 0.309 e. The van der Waals surface area contributed by atoms with E-state index in [1.54, 1.807) is 6.20 Å². The van der Waals surface area contributed by atoms with Crippen molar-refractivity contribution in [3.63, 3.8) is 0 Å². The van der Waals surface area contributed by atoms with E-state index in [4.69, 9.17) is 5.11 Å². The third kappa shape index (κ3) is 1.99. The van der Waals surface area contributed by atoms with Crippen LogP contribution >= 0.6 is 0 Å². The van der Waals surface area contributed by atoms with Crippen LogP contribution in [0.5, 0.6) is 0 Å². The first kappa shape index (κ1) is 10.1. The molecule has 0 bridgehead atoms. The van der Waals surface area contributed by atoms with Gasteiger partial charge in [-0.25, -0.2) is 0 Å². The number of carbonyl (C=O) groups excluding carboxylic acids is 1. The molecule has 1 N–H and O–H groups in total. The van der Waals surface area contributed by atoms with E-state index in [0.717, 1.165) is 17.7 Å². The van der Waals surface area contributed by atoms with Gasteiger partial charge < -0.3 is 9.84 Å². The molecule has 2 unspecified atom stereocenters. The van der Waals surface area contributed by atoms with Crippen LogP contribution in [-0.4, -0.2) is 23.2 Å². The highest BCUT2D eigenvalue weighted by molar-refractivity contribution is 5.77. The van der Waals surface area contributed by atoms with Crippen molar-refractivity contribution >= 4 is 5.97 Å². The zero-order valence-electron chi connectivity index (χ0n) is 8.51. The maximum absolute atomic E-state index is 11.2. The van der Waals surface area contributed by atoms with Gasteiger partial charge in [0, 0.05) is 17.8 Å². The lowest BCUT2D eigenvalue weighted by molar-refractivity contribution is -0.142. The molecule has 1 aromatic rings. The monoisotopic (exact) mass is 207 g/mol. The average Bonchev–Trinajstić information content (AvgIpc) is 3.08. The van der Waals surface area contributed by atoms with Gasteiger partial charge in [0.2, 0.25) is 0 Å². The van der Waals surface area contributed by atoms with E-state index >= 15 is 0 Å². The molecule has 0 radical (unpaired) electrons. The second-order valence-corrected chi connectivity index (χ2v) is 3.72. The molecule has 1 aromatic heterocycles. The molecule has 2 rings (SSSR count). The Morgan fingerprint density at radius 3 is 3.00 bits per heavy atom. The zero-order valence-corrected chi connectivity index (χ0v) is 8.51. The number of carbonyl (C=O) groups is 1. The number of rotatable bonds is 3. The molecule has 0 spiro atoms. The van der Waals surface area contributed by atoms with Crippen molar-refractivity contribution in [2.45, 2.75) is 18.9 Å². The van der Waals surface area contributed by atoms with Crippen molar-refractivity contribution in [3.8, 4) is 0 Å². The molecule has 0 saturated heterocycles. The number of pyridine rings is 1. The standard InChI is InChI=1S/C11H13NO3/c1-15-11(14)9-4-8(9)10-3-2-7(6-13)5-12-10/h2-3,5,8-9,13H,4,6H2,1H3. The second kappa shape index (κ2) is 3.98. The summed E-state index contributed by atoms with van der Waals surface area (Å²) in [5.74, 6) is 0.0145. The van der Waals surface area contributed by atoms with Gasteiger partial charge in [-0.05, 0) is 18.1 Å². The van der Waals surface area contributed by atoms with Gasteiger partial charge in [0.25, 0.3) is 0 Å². The quantitative estimate of drug-likeness (QED) is 0.746. The first-order valence-electron chi connectivity index (χ1n) is 4.89. The van der Waals surface area contributed by atoms with Crippen molar-refractivity contribution in [3.05, 3.63) is 29.6 Å². The number of aliphatic hydroxyl groups is 1. The fourth-order valence-corrected chi connectivity index (χ4v) is 1.68. The summed E-state index contributed by atoms with van der Waals surface area (Å²) in [4.78, 5) is 15.4. The molecule has 1 aliphatic carbocycles. The maximum Gasteiger partial charge on any atom is 0.309 e. The average molecular weight is 207 g/mol. The second-order valence-electron chi connectivity index (χ2n) is 3.72. The molecule has 1 aliphatic rings. The maximum atomic E-state index is 11.2. The lowest BCUT2D eigenvalue weighted by Crippen LogP contribution is -2.04. The molecular formula is C11H13NO3. The molecule has 1 heterocycles. The van der Waals surface area contributed by atoms with Crippen LogP contribution in [0.25, 0.3) is 0 Å². The summed E-state index contributed by atoms with van der Waals surface area (Å²) in [5, 5.41) is 8.85. The molecule has 0 aromatic carbocycles. The van der Waals surface area contributed by atoms with Crippen LogP contribution < -0.4 is 0 Å². The number of nitrogens with zero attached hydrogens (tertiary/aromatic N) is 1. The highest BCUT2D eigenvalue weighted by Gasteiger charge is 2.45. The predicted molar refractivity (Wildman–Crippen MR) is 53.0 cm³/mol. The van der Waals surface area contributed by atoms with Gasteiger partial charge in [-0.15, -0.1) is 0 Å². The summed E-state index contributed by atoms with van der Waals surface area (Å²) in [7, 11) is 1.40. The van der Waals surface area contributed by atoms with Crippen molar-refractivity contribution in [1.29, 1.82) is 0 Å². The molecule has 0 aliphatic heterocycles. The summed E-state index contributed by atoms with van der Waals surface area (Å²) in [6, 6.07) is 3.69. The Hall–Kier alpha value is -1.42. The fourth-order valence-electron chi connectivity index (χ4n) is 1.68. The molecule has 15 heavy (non-hydrogen) atoms. The fraction of sp³-hybridized carbons (Fsp3) is 0.455. The third-order valence-corrected chi connectivity index (χ3v) is 2.70. The van der Waals surface area contributed by atoms with Gasteiger partial charge in [-0.2, -0.15) is 0 Å². The van der Waals surface area contributed by atoms with Gasteiger partial charge in [0.1, 0.15) is 0 Å². The first-order valence-corrected chi connectivity index (χ1v) is 4.89. The van der Waals surface area contributed by atoms with Crippen LogP contribution in [0, 0.1) is 5.92 Å². The van der Waals surface area contributed by atoms with Crippen LogP contribution in [-0.2, 0) is 16.1 Å². The molecule has 0 amide bonds. The molecule has 80 valence electrons. The molecule has 1 saturated carbocycles. The van der Waals surface area contributed by atoms with E-state index in [9.17, 15) is 4.79 Å². The van der Waals surface area contributed by atoms with Crippen molar-refractivity contribution < 1.29 is 14.6 Å². The van der Waals surface area contributed by atoms with Crippen LogP contribution in [0.15, 0.2) is 18.3 Å². The van der Waals surface area contributed by atoms with Crippen LogP contribution in [0.1, 0.15) is 23.6 Å². The topological polar surface area (TPSA) is 59.4 Å². The Morgan fingerprint density at radius 2 is 2.47 bits per heavy atom. The Balaban J connectivity index is 2.04. The normalized spacial score (nSPS) is 23.6. The minimum absolute atomic E-state index is 0.00161. The summed E-state index contributed by atoms with van der Waals surface area (Å²) in [5.41, 5.74) is 1.69. The van der Waals surface area contributed by atoms with E-state index in [1.165, 1.54) is 7.11 Å². The first-order chi connectivity index (χ1) is 7.26. The van der Waals surface area contributed by atoms with Crippen molar-refractivity contribution in [1.82, 2.24) is 4.98 Å². The Morgan fingerprint density at radius 1 is 1.67 bits per heavy atom. The van der Waals surface area contributed by atoms with E-state index in [2.05, 4.69) is 9.72 Å². The van der Waals surface area contributed by atoms with Crippen molar-refractivity contribution in [2.24, 2.45) is 5.92 Å². The predicted octanol–water partition coefficient (Wildman–Crippen LogP) is 0.850. The van der Waals surface area contributed by atoms with Crippen molar-refractivity contribution in [2.75, 3.05) is 7.11 Å². The highest BCUT2D eigenvalue weighted by Crippen LogP contribution is 2.47. The zero-order chi connectivity index (χ0) is 10.8. The summed E-state index contributed by atoms with van der Waals surface area (Å²) in [6.07, 6.45) is 2.46. The number of ether oxygens (including phenoxy) is 1. The number of aromatic nitrogens is 1. The summed E-state index contributed by atoms with van der Waals surface area (Å²) < 4.78 is 4.66. The molecule has 4 heteroatoms. The molecule has 2 atom stereocenters. The molecule has 4 nitrogen and oxygen atoms in total. The molecule has 1 fully saturated rings. The number of hydrogen-bond donors (Lipinski definition) is 1. The van der Waals surface area contributed by atoms with Gasteiger partial charge >= 0.3 is 5.97 Å². The minimum Gasteiger partial charge on any atom is -0.469 e. The third-order valence-electron chi connectivity index (χ3n) is 2.70. The SMILES string of the molecule is COC(=O)C1CC1c1ccc(CO)cn1. The van der Waals surface area contributed by atoms with E-state index < -0.39 is 0 Å². The van der Waals surface area contributed by atoms with Gasteiger partial charge in [0.05, 0.1) is 19.6 Å². The number of esters is 1. The lowest BCUT2D eigenvalue weighted by atomic mass is 10.2. The van der Waals surface area contributed by atoms with Gasteiger partial charge in [0.15, 0.2) is 0 Å². The van der Waals surface area contributed by atoms with E-state index in [0.29, 0.717) is 0 Å². The van der Waals surface area contributed by atoms with Gasteiger partial charge in [-0.1, -0.05) is 6.07 Å². The van der Waals surface area contributed by atoms with Crippen LogP contribution in [0.3, 0.4) is 0 Å². The number of aliphatic hydroxyl groups excluding tert-OH is 1. The summed E-state index contributed by atoms with van der Waals surface area (Å²) >= 11 is 0. The highest BCUT2D eigenvalue weighted by atomic mass is 16.5. The van der Waals surface area contributed by atoms with Crippen LogP contribution in [0.2, 0.25) is 0 Å².